The van der Waals surface area contributed by atoms with Gasteiger partial charge in [-0.1, -0.05) is 25.7 Å². The molecule has 0 radical (unpaired) electrons. The van der Waals surface area contributed by atoms with Crippen LogP contribution in [0.15, 0.2) is 23.6 Å². The van der Waals surface area contributed by atoms with Gasteiger partial charge in [-0.3, -0.25) is 4.90 Å². The standard InChI is InChI=1S/C18H32BrN3O3Si/c1-8-9-15(22(17(23)24)18(2,3)4)14-12-21(16(19)20-14)13-25-10-11-26(5,6)7/h8,12,15H,1,9-11,13H2,2-7H3,(H,23,24). The lowest BCUT2D eigenvalue weighted by atomic mass is 10.00. The molecule has 26 heavy (non-hydrogen) atoms. The maximum atomic E-state index is 11.9. The Kier molecular flexibility index (Phi) is 8.10. The smallest absolute Gasteiger partial charge is 0.408 e. The van der Waals surface area contributed by atoms with Gasteiger partial charge in [-0.15, -0.1) is 6.58 Å². The molecule has 6 nitrogen and oxygen atoms in total. The highest BCUT2D eigenvalue weighted by Gasteiger charge is 2.35. The monoisotopic (exact) mass is 445 g/mol. The third kappa shape index (κ3) is 6.89. The molecule has 1 atom stereocenters. The highest BCUT2D eigenvalue weighted by Crippen LogP contribution is 2.32. The maximum absolute atomic E-state index is 11.9. The summed E-state index contributed by atoms with van der Waals surface area (Å²) in [6, 6.07) is 0.701. The van der Waals surface area contributed by atoms with Crippen LogP contribution in [0.2, 0.25) is 25.7 Å². The number of halogens is 1. The number of aromatic nitrogens is 2. The van der Waals surface area contributed by atoms with Crippen molar-refractivity contribution in [1.82, 2.24) is 14.5 Å². The lowest BCUT2D eigenvalue weighted by Gasteiger charge is -2.38. The SMILES string of the molecule is C=CCC(c1cn(COCC[Si](C)(C)C)c(Br)n1)N(C(=O)O)C(C)(C)C. The van der Waals surface area contributed by atoms with Crippen LogP contribution in [0.5, 0.6) is 0 Å². The second kappa shape index (κ2) is 9.19. The van der Waals surface area contributed by atoms with Crippen LogP contribution in [0.25, 0.3) is 0 Å². The molecule has 148 valence electrons. The Morgan fingerprint density at radius 1 is 1.50 bits per heavy atom. The first-order valence-electron chi connectivity index (χ1n) is 8.80. The minimum absolute atomic E-state index is 0.390. The minimum atomic E-state index is -1.13. The Morgan fingerprint density at radius 3 is 2.58 bits per heavy atom. The molecule has 0 aliphatic heterocycles. The molecule has 1 aromatic heterocycles. The average molecular weight is 446 g/mol. The molecule has 1 aromatic rings. The minimum Gasteiger partial charge on any atom is -0.465 e. The first-order valence-corrected chi connectivity index (χ1v) is 13.3. The summed E-state index contributed by atoms with van der Waals surface area (Å²) >= 11 is 3.45. The quantitative estimate of drug-likeness (QED) is 0.315. The van der Waals surface area contributed by atoms with E-state index in [1.807, 2.05) is 31.5 Å². The molecule has 0 bridgehead atoms. The van der Waals surface area contributed by atoms with Crippen molar-refractivity contribution in [1.29, 1.82) is 0 Å². The van der Waals surface area contributed by atoms with E-state index in [9.17, 15) is 9.90 Å². The van der Waals surface area contributed by atoms with Crippen LogP contribution in [0.3, 0.4) is 0 Å². The molecule has 0 saturated heterocycles. The number of hydrogen-bond donors (Lipinski definition) is 1. The van der Waals surface area contributed by atoms with Crippen LogP contribution >= 0.6 is 15.9 Å². The summed E-state index contributed by atoms with van der Waals surface area (Å²) in [6.45, 7) is 17.5. The van der Waals surface area contributed by atoms with Crippen LogP contribution in [0, 0.1) is 0 Å². The van der Waals surface area contributed by atoms with Gasteiger partial charge < -0.3 is 14.4 Å². The van der Waals surface area contributed by atoms with E-state index in [4.69, 9.17) is 4.74 Å². The zero-order valence-electron chi connectivity index (χ0n) is 16.8. The van der Waals surface area contributed by atoms with Crippen molar-refractivity contribution in [2.24, 2.45) is 0 Å². The van der Waals surface area contributed by atoms with E-state index in [1.165, 1.54) is 4.90 Å². The Bertz CT molecular complexity index is 620. The molecule has 8 heteroatoms. The van der Waals surface area contributed by atoms with Crippen molar-refractivity contribution in [3.05, 3.63) is 29.3 Å². The topological polar surface area (TPSA) is 67.6 Å². The third-order valence-corrected chi connectivity index (χ3v) is 6.28. The Morgan fingerprint density at radius 2 is 2.12 bits per heavy atom. The van der Waals surface area contributed by atoms with Gasteiger partial charge in [-0.25, -0.2) is 9.78 Å². The van der Waals surface area contributed by atoms with Gasteiger partial charge in [0.25, 0.3) is 0 Å². The van der Waals surface area contributed by atoms with E-state index in [2.05, 4.69) is 47.1 Å². The fourth-order valence-corrected chi connectivity index (χ4v) is 3.78. The van der Waals surface area contributed by atoms with Crippen LogP contribution in [-0.4, -0.2) is 45.9 Å². The van der Waals surface area contributed by atoms with Crippen molar-refractivity contribution in [3.8, 4) is 0 Å². The number of carboxylic acid groups (broad SMARTS) is 1. The van der Waals surface area contributed by atoms with Gasteiger partial charge in [0.05, 0.1) is 11.7 Å². The normalized spacial score (nSPS) is 13.5. The molecular weight excluding hydrogens is 414 g/mol. The van der Waals surface area contributed by atoms with E-state index >= 15 is 0 Å². The van der Waals surface area contributed by atoms with Crippen LogP contribution in [-0.2, 0) is 11.5 Å². The molecule has 0 aliphatic rings. The number of hydrogen-bond acceptors (Lipinski definition) is 3. The van der Waals surface area contributed by atoms with E-state index in [1.54, 1.807) is 6.08 Å². The van der Waals surface area contributed by atoms with E-state index in [-0.39, 0.29) is 0 Å². The maximum Gasteiger partial charge on any atom is 0.408 e. The number of ether oxygens (including phenoxy) is 1. The second-order valence-corrected chi connectivity index (χ2v) is 14.9. The van der Waals surface area contributed by atoms with Crippen molar-refractivity contribution in [2.45, 2.75) is 71.2 Å². The highest BCUT2D eigenvalue weighted by atomic mass is 79.9. The molecule has 0 aliphatic carbocycles. The molecule has 0 saturated carbocycles. The molecular formula is C18H32BrN3O3Si. The number of imidazole rings is 1. The molecule has 1 unspecified atom stereocenters. The van der Waals surface area contributed by atoms with Gasteiger partial charge in [-0.05, 0) is 49.2 Å². The summed E-state index contributed by atoms with van der Waals surface area (Å²) in [7, 11) is -1.13. The fraction of sp³-hybridized carbons (Fsp3) is 0.667. The van der Waals surface area contributed by atoms with Gasteiger partial charge in [0.2, 0.25) is 0 Å². The summed E-state index contributed by atoms with van der Waals surface area (Å²) in [6.07, 6.45) is 3.10. The molecule has 1 rings (SSSR count). The van der Waals surface area contributed by atoms with Crippen LogP contribution in [0.4, 0.5) is 4.79 Å². The summed E-state index contributed by atoms with van der Waals surface area (Å²) < 4.78 is 8.28. The van der Waals surface area contributed by atoms with Gasteiger partial charge >= 0.3 is 6.09 Å². The molecule has 1 amide bonds. The molecule has 0 fully saturated rings. The fourth-order valence-electron chi connectivity index (χ4n) is 2.61. The van der Waals surface area contributed by atoms with Crippen LogP contribution < -0.4 is 0 Å². The molecule has 0 aromatic carbocycles. The largest absolute Gasteiger partial charge is 0.465 e. The van der Waals surface area contributed by atoms with Crippen molar-refractivity contribution < 1.29 is 14.6 Å². The molecule has 1 heterocycles. The van der Waals surface area contributed by atoms with Gasteiger partial charge in [-0.2, -0.15) is 0 Å². The lowest BCUT2D eigenvalue weighted by molar-refractivity contribution is 0.0688. The first kappa shape index (κ1) is 22.9. The summed E-state index contributed by atoms with van der Waals surface area (Å²) in [5.74, 6) is 0. The summed E-state index contributed by atoms with van der Waals surface area (Å²) in [5.41, 5.74) is 0.131. The molecule has 0 spiro atoms. The van der Waals surface area contributed by atoms with E-state index in [0.717, 1.165) is 12.7 Å². The van der Waals surface area contributed by atoms with E-state index < -0.39 is 25.7 Å². The van der Waals surface area contributed by atoms with Crippen molar-refractivity contribution in [3.63, 3.8) is 0 Å². The first-order chi connectivity index (χ1) is 11.9. The van der Waals surface area contributed by atoms with Crippen molar-refractivity contribution >= 4 is 30.1 Å². The number of carbonyl (C=O) groups is 1. The van der Waals surface area contributed by atoms with E-state index in [0.29, 0.717) is 23.6 Å². The highest BCUT2D eigenvalue weighted by molar-refractivity contribution is 9.10. The zero-order chi connectivity index (χ0) is 20.1. The third-order valence-electron chi connectivity index (χ3n) is 3.95. The summed E-state index contributed by atoms with van der Waals surface area (Å²) in [4.78, 5) is 17.8. The van der Waals surface area contributed by atoms with Crippen LogP contribution in [0.1, 0.15) is 38.9 Å². The Balaban J connectivity index is 2.97. The van der Waals surface area contributed by atoms with Gasteiger partial charge in [0.15, 0.2) is 4.73 Å². The molecule has 1 N–H and O–H groups in total. The summed E-state index contributed by atoms with van der Waals surface area (Å²) in [5, 5.41) is 9.72. The lowest BCUT2D eigenvalue weighted by Crippen LogP contribution is -2.47. The second-order valence-electron chi connectivity index (χ2n) is 8.62. The Labute approximate surface area is 166 Å². The predicted octanol–water partition coefficient (Wildman–Crippen LogP) is 5.35. The number of amides is 1. The van der Waals surface area contributed by atoms with Gasteiger partial charge in [0, 0.05) is 26.4 Å². The predicted molar refractivity (Wildman–Crippen MR) is 111 cm³/mol. The number of rotatable bonds is 9. The van der Waals surface area contributed by atoms with Gasteiger partial charge in [0.1, 0.15) is 6.73 Å². The zero-order valence-corrected chi connectivity index (χ0v) is 19.3. The Hall–Kier alpha value is -1.12. The number of nitrogens with zero attached hydrogens (tertiary/aromatic N) is 3. The van der Waals surface area contributed by atoms with Crippen molar-refractivity contribution in [2.75, 3.05) is 6.61 Å². The average Bonchev–Trinajstić information content (AvgIpc) is 2.81.